The molecule has 0 radical (unpaired) electrons. The molecule has 5 aromatic rings. The molecule has 0 fully saturated rings. The molecule has 236 valence electrons. The number of halogens is 1. The second kappa shape index (κ2) is 13.3. The fraction of sp³-hybridized carbons (Fsp3) is 0.121. The minimum absolute atomic E-state index is 0.0848. The Kier molecular flexibility index (Phi) is 9.31. The van der Waals surface area contributed by atoms with Gasteiger partial charge in [-0.25, -0.2) is 13.1 Å². The van der Waals surface area contributed by atoms with E-state index >= 15 is 0 Å². The van der Waals surface area contributed by atoms with Crippen molar-refractivity contribution in [3.05, 3.63) is 130 Å². The van der Waals surface area contributed by atoms with Crippen LogP contribution in [0, 0.1) is 6.92 Å². The van der Waals surface area contributed by atoms with Crippen LogP contribution in [0.5, 0.6) is 5.75 Å². The molecular formula is C33H30ClN5O6S. The summed E-state index contributed by atoms with van der Waals surface area (Å²) in [5.74, 6) is -0.959. The molecule has 0 aliphatic heterocycles. The molecular weight excluding hydrogens is 630 g/mol. The molecule has 0 aliphatic rings. The van der Waals surface area contributed by atoms with Crippen molar-refractivity contribution in [1.82, 2.24) is 20.2 Å². The lowest BCUT2D eigenvalue weighted by atomic mass is 10.1. The zero-order chi connectivity index (χ0) is 33.0. The maximum absolute atomic E-state index is 13.8. The third kappa shape index (κ3) is 6.39. The summed E-state index contributed by atoms with van der Waals surface area (Å²) in [7, 11) is -1.53. The third-order valence-electron chi connectivity index (χ3n) is 7.32. The lowest BCUT2D eigenvalue weighted by molar-refractivity contribution is -0.123. The highest BCUT2D eigenvalue weighted by molar-refractivity contribution is 7.93. The predicted octanol–water partition coefficient (Wildman–Crippen LogP) is 4.47. The molecule has 0 unspecified atom stereocenters. The molecule has 0 spiro atoms. The van der Waals surface area contributed by atoms with Gasteiger partial charge in [-0.15, -0.1) is 0 Å². The van der Waals surface area contributed by atoms with Gasteiger partial charge in [0.15, 0.2) is 6.61 Å². The first-order valence-corrected chi connectivity index (χ1v) is 15.8. The van der Waals surface area contributed by atoms with E-state index in [0.717, 1.165) is 21.5 Å². The number of nitrogens with zero attached hydrogens (tertiary/aromatic N) is 3. The zero-order valence-corrected chi connectivity index (χ0v) is 26.7. The topological polar surface area (TPSA) is 132 Å². The van der Waals surface area contributed by atoms with Crippen LogP contribution < -0.4 is 25.5 Å². The number of nitrogens with one attached hydrogen (secondary N) is 2. The number of hydrogen-bond acceptors (Lipinski definition) is 6. The van der Waals surface area contributed by atoms with Gasteiger partial charge in [0.05, 0.1) is 16.4 Å². The zero-order valence-electron chi connectivity index (χ0n) is 25.1. The first-order chi connectivity index (χ1) is 22.0. The number of benzene rings is 4. The minimum Gasteiger partial charge on any atom is -0.483 e. The maximum atomic E-state index is 13.8. The van der Waals surface area contributed by atoms with Crippen LogP contribution in [0.1, 0.15) is 16.1 Å². The van der Waals surface area contributed by atoms with Gasteiger partial charge in [-0.2, -0.15) is 0 Å². The van der Waals surface area contributed by atoms with Crippen LogP contribution in [0.2, 0.25) is 5.02 Å². The molecule has 0 bridgehead atoms. The highest BCUT2D eigenvalue weighted by Crippen LogP contribution is 2.30. The summed E-state index contributed by atoms with van der Waals surface area (Å²) in [4.78, 5) is 38.5. The van der Waals surface area contributed by atoms with Gasteiger partial charge in [-0.3, -0.25) is 34.2 Å². The van der Waals surface area contributed by atoms with Crippen LogP contribution in [-0.2, 0) is 21.9 Å². The summed E-state index contributed by atoms with van der Waals surface area (Å²) in [6, 6.07) is 29.2. The lowest BCUT2D eigenvalue weighted by Gasteiger charge is -2.19. The second-order valence-electron chi connectivity index (χ2n) is 10.2. The molecule has 11 nitrogen and oxygen atoms in total. The first kappa shape index (κ1) is 32.1. The number of carbonyl (C=O) groups excluding carboxylic acids is 2. The number of para-hydroxylation sites is 2. The number of hydrazine groups is 1. The molecule has 46 heavy (non-hydrogen) atoms. The number of carbonyl (C=O) groups is 2. The van der Waals surface area contributed by atoms with Gasteiger partial charge < -0.3 is 4.74 Å². The van der Waals surface area contributed by atoms with Crippen LogP contribution >= 0.6 is 11.6 Å². The van der Waals surface area contributed by atoms with Crippen LogP contribution in [-0.4, -0.2) is 43.3 Å². The average molecular weight is 660 g/mol. The maximum Gasteiger partial charge on any atom is 0.296 e. The van der Waals surface area contributed by atoms with E-state index in [0.29, 0.717) is 17.1 Å². The number of amides is 2. The van der Waals surface area contributed by atoms with Crippen LogP contribution in [0.3, 0.4) is 0 Å². The molecule has 1 heterocycles. The van der Waals surface area contributed by atoms with Gasteiger partial charge in [0.25, 0.3) is 27.4 Å². The molecule has 1 aromatic heterocycles. The Morgan fingerprint density at radius 1 is 0.891 bits per heavy atom. The number of ether oxygens (including phenoxy) is 1. The molecule has 0 aliphatic carbocycles. The highest BCUT2D eigenvalue weighted by Gasteiger charge is 2.31. The molecule has 5 rings (SSSR count). The summed E-state index contributed by atoms with van der Waals surface area (Å²) in [6.07, 6.45) is 0. The van der Waals surface area contributed by atoms with E-state index in [4.69, 9.17) is 16.3 Å². The molecule has 0 atom stereocenters. The van der Waals surface area contributed by atoms with Crippen LogP contribution in [0.25, 0.3) is 16.8 Å². The lowest BCUT2D eigenvalue weighted by Crippen LogP contribution is -2.43. The van der Waals surface area contributed by atoms with Crippen molar-refractivity contribution in [2.24, 2.45) is 7.05 Å². The molecule has 2 amide bonds. The van der Waals surface area contributed by atoms with E-state index in [1.807, 2.05) is 42.5 Å². The van der Waals surface area contributed by atoms with E-state index in [-0.39, 0.29) is 16.3 Å². The van der Waals surface area contributed by atoms with Crippen molar-refractivity contribution >= 4 is 39.1 Å². The normalized spacial score (nSPS) is 11.1. The van der Waals surface area contributed by atoms with E-state index in [2.05, 4.69) is 10.9 Å². The van der Waals surface area contributed by atoms with Crippen molar-refractivity contribution in [2.45, 2.75) is 11.8 Å². The molecule has 13 heteroatoms. The van der Waals surface area contributed by atoms with Gasteiger partial charge in [-0.1, -0.05) is 78.3 Å². The first-order valence-electron chi connectivity index (χ1n) is 14.0. The van der Waals surface area contributed by atoms with Crippen molar-refractivity contribution < 1.29 is 22.7 Å². The van der Waals surface area contributed by atoms with Crippen molar-refractivity contribution in [3.8, 4) is 22.6 Å². The summed E-state index contributed by atoms with van der Waals surface area (Å²) < 4.78 is 37.0. The number of sulfonamides is 1. The fourth-order valence-corrected chi connectivity index (χ4v) is 6.60. The third-order valence-corrected chi connectivity index (χ3v) is 9.56. The Labute approximate surface area is 270 Å². The van der Waals surface area contributed by atoms with Crippen molar-refractivity contribution in [3.63, 3.8) is 0 Å². The molecule has 2 N–H and O–H groups in total. The summed E-state index contributed by atoms with van der Waals surface area (Å²) in [6.45, 7) is 1.23. The predicted molar refractivity (Wildman–Crippen MR) is 176 cm³/mol. The molecule has 0 saturated carbocycles. The smallest absolute Gasteiger partial charge is 0.296 e. The average Bonchev–Trinajstić information content (AvgIpc) is 3.29. The van der Waals surface area contributed by atoms with E-state index in [1.54, 1.807) is 61.1 Å². The standard InChI is InChI=1S/C33H30ClN5O6S/c1-22-31(33(42)39(37(22)2)25-14-8-5-9-15-25)38(3)46(43,44)29-20-24(18-19-27(29)34)32(41)36-35-30(40)21-45-28-17-11-10-16-26(28)23-12-6-4-7-13-23/h4-20H,21H2,1-3H3,(H,35,40)(H,36,41). The largest absolute Gasteiger partial charge is 0.483 e. The Bertz CT molecular complexity index is 2080. The number of rotatable bonds is 9. The Balaban J connectivity index is 1.30. The Morgan fingerprint density at radius 3 is 2.22 bits per heavy atom. The Hall–Kier alpha value is -5.33. The number of anilines is 1. The van der Waals surface area contributed by atoms with Crippen molar-refractivity contribution in [2.75, 3.05) is 18.0 Å². The Morgan fingerprint density at radius 2 is 1.52 bits per heavy atom. The number of aromatic nitrogens is 2. The summed E-state index contributed by atoms with van der Waals surface area (Å²) in [5.41, 5.74) is 6.44. The van der Waals surface area contributed by atoms with Gasteiger partial charge >= 0.3 is 0 Å². The van der Waals surface area contributed by atoms with Gasteiger partial charge in [0.2, 0.25) is 0 Å². The van der Waals surface area contributed by atoms with E-state index < -0.39 is 38.9 Å². The van der Waals surface area contributed by atoms with Crippen LogP contribution in [0.4, 0.5) is 5.69 Å². The fourth-order valence-electron chi connectivity index (χ4n) is 4.85. The summed E-state index contributed by atoms with van der Waals surface area (Å²) >= 11 is 6.30. The minimum atomic E-state index is -4.42. The summed E-state index contributed by atoms with van der Waals surface area (Å²) in [5, 5.41) is -0.158. The highest BCUT2D eigenvalue weighted by atomic mass is 35.5. The van der Waals surface area contributed by atoms with Gasteiger partial charge in [0.1, 0.15) is 16.3 Å². The quantitative estimate of drug-likeness (QED) is 0.225. The second-order valence-corrected chi connectivity index (χ2v) is 12.5. The van der Waals surface area contributed by atoms with Gasteiger partial charge in [0, 0.05) is 25.2 Å². The monoisotopic (exact) mass is 659 g/mol. The molecule has 0 saturated heterocycles. The van der Waals surface area contributed by atoms with Gasteiger partial charge in [-0.05, 0) is 48.9 Å². The number of hydrogen-bond donors (Lipinski definition) is 2. The van der Waals surface area contributed by atoms with E-state index in [1.165, 1.54) is 23.9 Å². The van der Waals surface area contributed by atoms with Crippen LogP contribution in [0.15, 0.2) is 113 Å². The molecule has 4 aromatic carbocycles. The van der Waals surface area contributed by atoms with Crippen molar-refractivity contribution in [1.29, 1.82) is 0 Å². The van der Waals surface area contributed by atoms with E-state index in [9.17, 15) is 22.8 Å². The SMILES string of the molecule is Cc1c(N(C)S(=O)(=O)c2cc(C(=O)NNC(=O)COc3ccccc3-c3ccccc3)ccc2Cl)c(=O)n(-c2ccccc2)n1C.